The van der Waals surface area contributed by atoms with Crippen LogP contribution in [-0.2, 0) is 16.6 Å². The molecule has 0 radical (unpaired) electrons. The predicted octanol–water partition coefficient (Wildman–Crippen LogP) is 4.00. The molecule has 3 aromatic rings. The second kappa shape index (κ2) is 8.99. The first-order valence-electron chi connectivity index (χ1n) is 8.38. The monoisotopic (exact) mass is 402 g/mol. The number of benzene rings is 2. The van der Waals surface area contributed by atoms with Gasteiger partial charge in [-0.1, -0.05) is 48.0 Å². The Morgan fingerprint density at radius 3 is 2.52 bits per heavy atom. The lowest BCUT2D eigenvalue weighted by molar-refractivity contribution is 0.269. The van der Waals surface area contributed by atoms with E-state index in [-0.39, 0.29) is 24.6 Å². The summed E-state index contributed by atoms with van der Waals surface area (Å²) in [6.07, 6.45) is 2.90. The third kappa shape index (κ3) is 5.29. The smallest absolute Gasteiger partial charge is 0.245 e. The highest BCUT2D eigenvalue weighted by molar-refractivity contribution is 7.89. The van der Waals surface area contributed by atoms with E-state index in [4.69, 9.17) is 16.3 Å². The van der Waals surface area contributed by atoms with Crippen LogP contribution >= 0.6 is 11.6 Å². The summed E-state index contributed by atoms with van der Waals surface area (Å²) in [6.45, 7) is 0.641. The fourth-order valence-electron chi connectivity index (χ4n) is 2.54. The van der Waals surface area contributed by atoms with Crippen LogP contribution in [0.3, 0.4) is 0 Å². The normalized spacial score (nSPS) is 11.5. The van der Waals surface area contributed by atoms with Crippen molar-refractivity contribution in [2.24, 2.45) is 0 Å². The van der Waals surface area contributed by atoms with Crippen molar-refractivity contribution in [1.82, 2.24) is 9.29 Å². The Kier molecular flexibility index (Phi) is 6.45. The molecule has 0 unspecified atom stereocenters. The molecule has 27 heavy (non-hydrogen) atoms. The van der Waals surface area contributed by atoms with E-state index in [9.17, 15) is 8.42 Å². The number of pyridine rings is 1. The SMILES string of the molecule is O=S(=O)(c1cccnc1)N(CCOc1cccc(Cl)c1)Cc1ccccc1. The first kappa shape index (κ1) is 19.4. The molecule has 5 nitrogen and oxygen atoms in total. The molecule has 140 valence electrons. The van der Waals surface area contributed by atoms with E-state index in [0.717, 1.165) is 5.56 Å². The van der Waals surface area contributed by atoms with E-state index in [0.29, 0.717) is 10.8 Å². The van der Waals surface area contributed by atoms with Crippen molar-refractivity contribution in [3.05, 3.63) is 89.7 Å². The van der Waals surface area contributed by atoms with Gasteiger partial charge in [0, 0.05) is 30.5 Å². The van der Waals surface area contributed by atoms with E-state index in [1.54, 1.807) is 36.5 Å². The molecule has 0 bridgehead atoms. The van der Waals surface area contributed by atoms with E-state index in [1.807, 2.05) is 30.3 Å². The number of sulfonamides is 1. The first-order chi connectivity index (χ1) is 13.1. The summed E-state index contributed by atoms with van der Waals surface area (Å²) < 4.78 is 33.2. The average Bonchev–Trinajstić information content (AvgIpc) is 2.69. The lowest BCUT2D eigenvalue weighted by atomic mass is 10.2. The summed E-state index contributed by atoms with van der Waals surface area (Å²) in [6, 6.07) is 19.6. The predicted molar refractivity (Wildman–Crippen MR) is 105 cm³/mol. The first-order valence-corrected chi connectivity index (χ1v) is 10.2. The van der Waals surface area contributed by atoms with E-state index >= 15 is 0 Å². The van der Waals surface area contributed by atoms with Crippen molar-refractivity contribution in [3.63, 3.8) is 0 Å². The molecule has 0 amide bonds. The molecule has 0 aliphatic rings. The third-order valence-corrected chi connectivity index (χ3v) is 5.94. The second-order valence-electron chi connectivity index (χ2n) is 5.82. The lowest BCUT2D eigenvalue weighted by Crippen LogP contribution is -2.34. The maximum Gasteiger partial charge on any atom is 0.245 e. The van der Waals surface area contributed by atoms with Crippen molar-refractivity contribution in [2.45, 2.75) is 11.4 Å². The van der Waals surface area contributed by atoms with Gasteiger partial charge < -0.3 is 4.74 Å². The van der Waals surface area contributed by atoms with Crippen LogP contribution in [0.25, 0.3) is 0 Å². The van der Waals surface area contributed by atoms with Crippen LogP contribution in [0.2, 0.25) is 5.02 Å². The molecule has 0 atom stereocenters. The van der Waals surface area contributed by atoms with Crippen molar-refractivity contribution < 1.29 is 13.2 Å². The Morgan fingerprint density at radius 1 is 1.00 bits per heavy atom. The van der Waals surface area contributed by atoms with Gasteiger partial charge in [-0.25, -0.2) is 8.42 Å². The zero-order chi connectivity index (χ0) is 19.1. The van der Waals surface area contributed by atoms with Crippen LogP contribution in [0.1, 0.15) is 5.56 Å². The van der Waals surface area contributed by atoms with Crippen LogP contribution in [0.4, 0.5) is 0 Å². The summed E-state index contributed by atoms with van der Waals surface area (Å²) in [5.74, 6) is 0.598. The molecule has 0 fully saturated rings. The molecule has 7 heteroatoms. The molecule has 2 aromatic carbocycles. The number of ether oxygens (including phenoxy) is 1. The molecule has 0 N–H and O–H groups in total. The quantitative estimate of drug-likeness (QED) is 0.571. The van der Waals surface area contributed by atoms with E-state index in [1.165, 1.54) is 16.6 Å². The highest BCUT2D eigenvalue weighted by atomic mass is 35.5. The van der Waals surface area contributed by atoms with Crippen LogP contribution < -0.4 is 4.74 Å². The Hall–Kier alpha value is -2.41. The zero-order valence-electron chi connectivity index (χ0n) is 14.5. The summed E-state index contributed by atoms with van der Waals surface area (Å²) in [5, 5.41) is 0.566. The summed E-state index contributed by atoms with van der Waals surface area (Å²) in [5.41, 5.74) is 0.896. The zero-order valence-corrected chi connectivity index (χ0v) is 16.1. The van der Waals surface area contributed by atoms with Gasteiger partial charge in [0.15, 0.2) is 0 Å². The van der Waals surface area contributed by atoms with E-state index in [2.05, 4.69) is 4.98 Å². The molecule has 0 spiro atoms. The number of halogens is 1. The number of rotatable bonds is 8. The van der Waals surface area contributed by atoms with Gasteiger partial charge in [0.25, 0.3) is 0 Å². The summed E-state index contributed by atoms with van der Waals surface area (Å²) in [7, 11) is -3.70. The van der Waals surface area contributed by atoms with Gasteiger partial charge in [0.05, 0.1) is 0 Å². The van der Waals surface area contributed by atoms with Crippen molar-refractivity contribution in [2.75, 3.05) is 13.2 Å². The van der Waals surface area contributed by atoms with Crippen LogP contribution in [0.15, 0.2) is 84.0 Å². The minimum Gasteiger partial charge on any atom is -0.492 e. The molecule has 0 saturated carbocycles. The molecule has 1 aromatic heterocycles. The Bertz CT molecular complexity index is 967. The van der Waals surface area contributed by atoms with Gasteiger partial charge in [0.1, 0.15) is 17.3 Å². The van der Waals surface area contributed by atoms with Gasteiger partial charge in [0.2, 0.25) is 10.0 Å². The van der Waals surface area contributed by atoms with Crippen LogP contribution in [0.5, 0.6) is 5.75 Å². The summed E-state index contributed by atoms with van der Waals surface area (Å²) >= 11 is 5.95. The molecule has 3 rings (SSSR count). The topological polar surface area (TPSA) is 59.5 Å². The maximum absolute atomic E-state index is 13.0. The second-order valence-corrected chi connectivity index (χ2v) is 8.19. The molecular formula is C20H19ClN2O3S. The van der Waals surface area contributed by atoms with Gasteiger partial charge in [-0.2, -0.15) is 4.31 Å². The van der Waals surface area contributed by atoms with Gasteiger partial charge in [-0.05, 0) is 35.9 Å². The van der Waals surface area contributed by atoms with Crippen molar-refractivity contribution in [1.29, 1.82) is 0 Å². The number of hydrogen-bond donors (Lipinski definition) is 0. The minimum atomic E-state index is -3.70. The highest BCUT2D eigenvalue weighted by Gasteiger charge is 2.24. The third-order valence-electron chi connectivity index (χ3n) is 3.88. The number of hydrogen-bond acceptors (Lipinski definition) is 4. The standard InChI is InChI=1S/C20H19ClN2O3S/c21-18-8-4-9-19(14-18)26-13-12-23(16-17-6-2-1-3-7-17)27(24,25)20-10-5-11-22-15-20/h1-11,14-15H,12-13,16H2. The van der Waals surface area contributed by atoms with Crippen molar-refractivity contribution >= 4 is 21.6 Å². The largest absolute Gasteiger partial charge is 0.492 e. The van der Waals surface area contributed by atoms with Gasteiger partial charge >= 0.3 is 0 Å². The molecule has 0 saturated heterocycles. The molecule has 0 aliphatic carbocycles. The Labute approximate surface area is 164 Å². The summed E-state index contributed by atoms with van der Waals surface area (Å²) in [4.78, 5) is 4.08. The Balaban J connectivity index is 1.77. The van der Waals surface area contributed by atoms with Crippen LogP contribution in [0, 0.1) is 0 Å². The number of aromatic nitrogens is 1. The van der Waals surface area contributed by atoms with Gasteiger partial charge in [-0.15, -0.1) is 0 Å². The molecule has 1 heterocycles. The fourth-order valence-corrected chi connectivity index (χ4v) is 4.10. The number of nitrogens with zero attached hydrogens (tertiary/aromatic N) is 2. The molecule has 0 aliphatic heterocycles. The minimum absolute atomic E-state index is 0.156. The van der Waals surface area contributed by atoms with Crippen LogP contribution in [-0.4, -0.2) is 30.9 Å². The molecular weight excluding hydrogens is 384 g/mol. The van der Waals surface area contributed by atoms with Gasteiger partial charge in [-0.3, -0.25) is 4.98 Å². The lowest BCUT2D eigenvalue weighted by Gasteiger charge is -2.22. The fraction of sp³-hybridized carbons (Fsp3) is 0.150. The Morgan fingerprint density at radius 2 is 1.81 bits per heavy atom. The highest BCUT2D eigenvalue weighted by Crippen LogP contribution is 2.19. The van der Waals surface area contributed by atoms with Crippen molar-refractivity contribution in [3.8, 4) is 5.75 Å². The average molecular weight is 403 g/mol. The maximum atomic E-state index is 13.0. The van der Waals surface area contributed by atoms with E-state index < -0.39 is 10.0 Å².